The van der Waals surface area contributed by atoms with Crippen molar-refractivity contribution in [1.29, 1.82) is 0 Å². The summed E-state index contributed by atoms with van der Waals surface area (Å²) in [6.45, 7) is 2.50. The van der Waals surface area contributed by atoms with Crippen molar-refractivity contribution in [3.05, 3.63) is 66.0 Å². The molecule has 0 spiro atoms. The number of amides is 1. The normalized spacial score (nSPS) is 12.7. The molecule has 0 heterocycles. The lowest BCUT2D eigenvalue weighted by atomic mass is 10.1. The van der Waals surface area contributed by atoms with Crippen LogP contribution in [0.3, 0.4) is 0 Å². The highest BCUT2D eigenvalue weighted by molar-refractivity contribution is 7.89. The standard InChI is InChI=1S/C20H25FN2O4S/c1-16(17-7-4-3-5-8-17)27-14-6-13-22-20(24)15-23(2)28(25,26)19-11-9-18(21)10-12-19/h3-5,7-12,16H,6,13-15H2,1-2H3,(H,22,24). The number of carbonyl (C=O) groups excluding carboxylic acids is 1. The fourth-order valence-electron chi connectivity index (χ4n) is 2.51. The van der Waals surface area contributed by atoms with Crippen LogP contribution in [0.2, 0.25) is 0 Å². The molecule has 0 bridgehead atoms. The summed E-state index contributed by atoms with van der Waals surface area (Å²) in [6, 6.07) is 14.3. The summed E-state index contributed by atoms with van der Waals surface area (Å²) in [7, 11) is -2.54. The van der Waals surface area contributed by atoms with E-state index in [1.54, 1.807) is 0 Å². The maximum Gasteiger partial charge on any atom is 0.243 e. The Kier molecular flexibility index (Phi) is 8.10. The van der Waals surface area contributed by atoms with E-state index in [4.69, 9.17) is 4.74 Å². The lowest BCUT2D eigenvalue weighted by molar-refractivity contribution is -0.121. The van der Waals surface area contributed by atoms with Gasteiger partial charge in [0.05, 0.1) is 17.5 Å². The molecule has 152 valence electrons. The van der Waals surface area contributed by atoms with Crippen LogP contribution in [-0.2, 0) is 19.6 Å². The molecule has 2 aromatic carbocycles. The third-order valence-electron chi connectivity index (χ3n) is 4.17. The van der Waals surface area contributed by atoms with Gasteiger partial charge < -0.3 is 10.1 Å². The number of sulfonamides is 1. The average Bonchev–Trinajstić information content (AvgIpc) is 2.68. The minimum atomic E-state index is -3.85. The molecule has 1 N–H and O–H groups in total. The maximum absolute atomic E-state index is 13.0. The fraction of sp³-hybridized carbons (Fsp3) is 0.350. The van der Waals surface area contributed by atoms with Crippen LogP contribution in [0, 0.1) is 5.82 Å². The van der Waals surface area contributed by atoms with Crippen molar-refractivity contribution in [1.82, 2.24) is 9.62 Å². The summed E-state index contributed by atoms with van der Waals surface area (Å²) < 4.78 is 44.3. The first-order valence-corrected chi connectivity index (χ1v) is 10.4. The van der Waals surface area contributed by atoms with Crippen molar-refractivity contribution in [2.24, 2.45) is 0 Å². The van der Waals surface area contributed by atoms with E-state index in [1.165, 1.54) is 19.2 Å². The molecule has 0 aliphatic heterocycles. The zero-order valence-electron chi connectivity index (χ0n) is 16.0. The van der Waals surface area contributed by atoms with Crippen molar-refractivity contribution in [3.63, 3.8) is 0 Å². The third-order valence-corrected chi connectivity index (χ3v) is 5.99. The van der Waals surface area contributed by atoms with Crippen LogP contribution in [0.25, 0.3) is 0 Å². The van der Waals surface area contributed by atoms with Crippen molar-refractivity contribution >= 4 is 15.9 Å². The molecule has 0 saturated heterocycles. The summed E-state index contributed by atoms with van der Waals surface area (Å²) in [6.07, 6.45) is 0.570. The first-order chi connectivity index (χ1) is 13.3. The van der Waals surface area contributed by atoms with Gasteiger partial charge in [0.1, 0.15) is 5.82 Å². The number of carbonyl (C=O) groups is 1. The van der Waals surface area contributed by atoms with Gasteiger partial charge in [0.25, 0.3) is 0 Å². The molecule has 1 amide bonds. The Bertz CT molecular complexity index is 858. The molecule has 0 fully saturated rings. The monoisotopic (exact) mass is 408 g/mol. The van der Waals surface area contributed by atoms with Gasteiger partial charge in [-0.3, -0.25) is 4.79 Å². The number of hydrogen-bond donors (Lipinski definition) is 1. The minimum Gasteiger partial charge on any atom is -0.374 e. The van der Waals surface area contributed by atoms with E-state index >= 15 is 0 Å². The largest absolute Gasteiger partial charge is 0.374 e. The number of ether oxygens (including phenoxy) is 1. The Morgan fingerprint density at radius 2 is 1.79 bits per heavy atom. The van der Waals surface area contributed by atoms with Gasteiger partial charge in [0.2, 0.25) is 15.9 Å². The SMILES string of the molecule is CC(OCCCNC(=O)CN(C)S(=O)(=O)c1ccc(F)cc1)c1ccccc1. The van der Waals surface area contributed by atoms with Gasteiger partial charge in [-0.15, -0.1) is 0 Å². The maximum atomic E-state index is 13.0. The highest BCUT2D eigenvalue weighted by atomic mass is 32.2. The van der Waals surface area contributed by atoms with Gasteiger partial charge >= 0.3 is 0 Å². The fourth-order valence-corrected chi connectivity index (χ4v) is 3.64. The highest BCUT2D eigenvalue weighted by Crippen LogP contribution is 2.16. The quantitative estimate of drug-likeness (QED) is 0.614. The molecule has 0 aliphatic rings. The van der Waals surface area contributed by atoms with Crippen LogP contribution >= 0.6 is 0 Å². The van der Waals surface area contributed by atoms with Gasteiger partial charge in [-0.05, 0) is 43.2 Å². The molecule has 2 aromatic rings. The lowest BCUT2D eigenvalue weighted by Gasteiger charge is -2.17. The molecule has 0 radical (unpaired) electrons. The van der Waals surface area contributed by atoms with E-state index in [9.17, 15) is 17.6 Å². The van der Waals surface area contributed by atoms with Crippen LogP contribution in [-0.4, -0.2) is 45.4 Å². The van der Waals surface area contributed by atoms with E-state index in [1.807, 2.05) is 37.3 Å². The van der Waals surface area contributed by atoms with Crippen LogP contribution in [0.1, 0.15) is 25.0 Å². The Morgan fingerprint density at radius 1 is 1.14 bits per heavy atom. The first-order valence-electron chi connectivity index (χ1n) is 8.96. The van der Waals surface area contributed by atoms with E-state index in [-0.39, 0.29) is 17.5 Å². The Morgan fingerprint density at radius 3 is 2.43 bits per heavy atom. The van der Waals surface area contributed by atoms with Crippen LogP contribution in [0.15, 0.2) is 59.5 Å². The van der Waals surface area contributed by atoms with Crippen molar-refractivity contribution in [2.75, 3.05) is 26.7 Å². The zero-order valence-corrected chi connectivity index (χ0v) is 16.8. The van der Waals surface area contributed by atoms with Gasteiger partial charge in [-0.2, -0.15) is 4.31 Å². The molecular weight excluding hydrogens is 383 g/mol. The second kappa shape index (κ2) is 10.3. The molecule has 1 unspecified atom stereocenters. The second-order valence-electron chi connectivity index (χ2n) is 6.34. The van der Waals surface area contributed by atoms with Crippen molar-refractivity contribution in [3.8, 4) is 0 Å². The average molecular weight is 408 g/mol. The van der Waals surface area contributed by atoms with E-state index in [0.717, 1.165) is 22.0 Å². The smallest absolute Gasteiger partial charge is 0.243 e. The van der Waals surface area contributed by atoms with E-state index in [0.29, 0.717) is 19.6 Å². The second-order valence-corrected chi connectivity index (χ2v) is 8.39. The number of rotatable bonds is 10. The van der Waals surface area contributed by atoms with E-state index < -0.39 is 21.7 Å². The summed E-state index contributed by atoms with van der Waals surface area (Å²) in [5, 5.41) is 2.67. The Balaban J connectivity index is 1.71. The van der Waals surface area contributed by atoms with Gasteiger partial charge in [0.15, 0.2) is 0 Å². The lowest BCUT2D eigenvalue weighted by Crippen LogP contribution is -2.38. The Labute approximate surface area is 165 Å². The highest BCUT2D eigenvalue weighted by Gasteiger charge is 2.22. The van der Waals surface area contributed by atoms with Crippen LogP contribution in [0.5, 0.6) is 0 Å². The molecule has 8 heteroatoms. The molecule has 28 heavy (non-hydrogen) atoms. The van der Waals surface area contributed by atoms with Crippen LogP contribution < -0.4 is 5.32 Å². The van der Waals surface area contributed by atoms with Crippen molar-refractivity contribution in [2.45, 2.75) is 24.3 Å². The Hall–Kier alpha value is -2.29. The molecule has 0 aliphatic carbocycles. The summed E-state index contributed by atoms with van der Waals surface area (Å²) in [5.74, 6) is -0.938. The number of hydrogen-bond acceptors (Lipinski definition) is 4. The first kappa shape index (κ1) is 22.0. The molecule has 0 aromatic heterocycles. The number of likely N-dealkylation sites (N-methyl/N-ethyl adjacent to an activating group) is 1. The number of nitrogens with one attached hydrogen (secondary N) is 1. The third kappa shape index (κ3) is 6.40. The molecule has 1 atom stereocenters. The number of benzene rings is 2. The van der Waals surface area contributed by atoms with Crippen molar-refractivity contribution < 1.29 is 22.3 Å². The molecular formula is C20H25FN2O4S. The predicted molar refractivity (Wildman–Crippen MR) is 105 cm³/mol. The van der Waals surface area contributed by atoms with Gasteiger partial charge in [-0.25, -0.2) is 12.8 Å². The summed E-state index contributed by atoms with van der Waals surface area (Å²) in [5.41, 5.74) is 1.08. The number of nitrogens with zero attached hydrogens (tertiary/aromatic N) is 1. The molecule has 2 rings (SSSR count). The topological polar surface area (TPSA) is 75.7 Å². The predicted octanol–water partition coefficient (Wildman–Crippen LogP) is 2.73. The zero-order chi connectivity index (χ0) is 20.6. The van der Waals surface area contributed by atoms with E-state index in [2.05, 4.69) is 5.32 Å². The van der Waals surface area contributed by atoms with Gasteiger partial charge in [0, 0.05) is 20.2 Å². The summed E-state index contributed by atoms with van der Waals surface area (Å²) in [4.78, 5) is 11.9. The van der Waals surface area contributed by atoms with Gasteiger partial charge in [-0.1, -0.05) is 30.3 Å². The molecule has 0 saturated carbocycles. The summed E-state index contributed by atoms with van der Waals surface area (Å²) >= 11 is 0. The minimum absolute atomic E-state index is 0.0381. The number of halogens is 1. The molecule has 6 nitrogen and oxygen atoms in total. The van der Waals surface area contributed by atoms with Crippen LogP contribution in [0.4, 0.5) is 4.39 Å².